The zero-order valence-electron chi connectivity index (χ0n) is 10.5. The van der Waals surface area contributed by atoms with Crippen molar-refractivity contribution in [1.29, 1.82) is 0 Å². The highest BCUT2D eigenvalue weighted by atomic mass is 35.5. The number of amides is 1. The van der Waals surface area contributed by atoms with Gasteiger partial charge in [0.2, 0.25) is 0 Å². The molecule has 2 N–H and O–H groups in total. The zero-order valence-corrected chi connectivity index (χ0v) is 12.0. The fraction of sp³-hybridized carbons (Fsp3) is 0.0714. The van der Waals surface area contributed by atoms with E-state index in [1.807, 2.05) is 0 Å². The molecule has 0 aliphatic heterocycles. The Morgan fingerprint density at radius 3 is 2.50 bits per heavy atom. The Morgan fingerprint density at radius 2 is 1.90 bits per heavy atom. The predicted molar refractivity (Wildman–Crippen MR) is 79.1 cm³/mol. The molecule has 2 aromatic rings. The van der Waals surface area contributed by atoms with E-state index in [1.54, 1.807) is 18.2 Å². The van der Waals surface area contributed by atoms with E-state index in [4.69, 9.17) is 27.9 Å². The van der Waals surface area contributed by atoms with Crippen molar-refractivity contribution in [3.8, 4) is 11.5 Å². The van der Waals surface area contributed by atoms with E-state index in [9.17, 15) is 9.90 Å². The molecule has 0 saturated carbocycles. The average molecular weight is 312 g/mol. The van der Waals surface area contributed by atoms with Crippen molar-refractivity contribution >= 4 is 34.8 Å². The number of rotatable bonds is 3. The number of halogens is 2. The van der Waals surface area contributed by atoms with Gasteiger partial charge in [-0.15, -0.1) is 0 Å². The second-order valence-electron chi connectivity index (χ2n) is 3.97. The summed E-state index contributed by atoms with van der Waals surface area (Å²) in [6.45, 7) is 0. The van der Waals surface area contributed by atoms with E-state index in [2.05, 4.69) is 5.32 Å². The SMILES string of the molecule is COc1ccc(C(=O)Nc2ccc(Cl)c(Cl)c2)c(O)c1. The van der Waals surface area contributed by atoms with E-state index >= 15 is 0 Å². The van der Waals surface area contributed by atoms with Crippen molar-refractivity contribution in [3.05, 3.63) is 52.0 Å². The number of phenolic OH excluding ortho intramolecular Hbond substituents is 1. The van der Waals surface area contributed by atoms with Crippen LogP contribution in [0.1, 0.15) is 10.4 Å². The maximum atomic E-state index is 12.0. The molecule has 0 spiro atoms. The molecule has 0 aromatic heterocycles. The molecule has 2 rings (SSSR count). The highest BCUT2D eigenvalue weighted by Crippen LogP contribution is 2.27. The summed E-state index contributed by atoms with van der Waals surface area (Å²) in [5, 5.41) is 13.1. The molecule has 2 aromatic carbocycles. The van der Waals surface area contributed by atoms with Crippen molar-refractivity contribution < 1.29 is 14.6 Å². The first-order valence-corrected chi connectivity index (χ1v) is 6.40. The second-order valence-corrected chi connectivity index (χ2v) is 4.78. The number of carbonyl (C=O) groups is 1. The Morgan fingerprint density at radius 1 is 1.15 bits per heavy atom. The van der Waals surface area contributed by atoms with Crippen LogP contribution in [0.15, 0.2) is 36.4 Å². The van der Waals surface area contributed by atoms with Crippen LogP contribution >= 0.6 is 23.2 Å². The van der Waals surface area contributed by atoms with Crippen LogP contribution in [0.2, 0.25) is 10.0 Å². The third kappa shape index (κ3) is 3.15. The van der Waals surface area contributed by atoms with Crippen molar-refractivity contribution in [2.45, 2.75) is 0 Å². The molecule has 0 fully saturated rings. The zero-order chi connectivity index (χ0) is 14.7. The smallest absolute Gasteiger partial charge is 0.259 e. The van der Waals surface area contributed by atoms with Crippen LogP contribution in [0.4, 0.5) is 5.69 Å². The molecule has 6 heteroatoms. The third-order valence-electron chi connectivity index (χ3n) is 2.63. The number of phenols is 1. The van der Waals surface area contributed by atoms with Gasteiger partial charge in [0.1, 0.15) is 11.5 Å². The lowest BCUT2D eigenvalue weighted by Gasteiger charge is -2.09. The summed E-state index contributed by atoms with van der Waals surface area (Å²) in [5.41, 5.74) is 0.622. The summed E-state index contributed by atoms with van der Waals surface area (Å²) in [5.74, 6) is -0.154. The average Bonchev–Trinajstić information content (AvgIpc) is 2.42. The number of aromatic hydroxyl groups is 1. The number of hydrogen-bond donors (Lipinski definition) is 2. The maximum absolute atomic E-state index is 12.0. The Kier molecular flexibility index (Phi) is 4.37. The number of methoxy groups -OCH3 is 1. The van der Waals surface area contributed by atoms with Crippen molar-refractivity contribution in [2.75, 3.05) is 12.4 Å². The van der Waals surface area contributed by atoms with Gasteiger partial charge in [-0.3, -0.25) is 4.79 Å². The van der Waals surface area contributed by atoms with Crippen molar-refractivity contribution in [1.82, 2.24) is 0 Å². The van der Waals surface area contributed by atoms with E-state index in [1.165, 1.54) is 25.3 Å². The Balaban J connectivity index is 2.21. The number of anilines is 1. The molecule has 0 saturated heterocycles. The van der Waals surface area contributed by atoms with Gasteiger partial charge in [0, 0.05) is 11.8 Å². The fourth-order valence-electron chi connectivity index (χ4n) is 1.60. The number of ether oxygens (including phenoxy) is 1. The van der Waals surface area contributed by atoms with Crippen LogP contribution in [-0.2, 0) is 0 Å². The van der Waals surface area contributed by atoms with Crippen LogP contribution in [-0.4, -0.2) is 18.1 Å². The van der Waals surface area contributed by atoms with Gasteiger partial charge in [0.25, 0.3) is 5.91 Å². The van der Waals surface area contributed by atoms with Gasteiger partial charge in [-0.1, -0.05) is 23.2 Å². The largest absolute Gasteiger partial charge is 0.507 e. The van der Waals surface area contributed by atoms with Gasteiger partial charge in [0.15, 0.2) is 0 Å². The summed E-state index contributed by atoms with van der Waals surface area (Å²) in [4.78, 5) is 12.0. The van der Waals surface area contributed by atoms with E-state index in [0.717, 1.165) is 0 Å². The first kappa shape index (κ1) is 14.5. The molecule has 0 radical (unpaired) electrons. The molecular formula is C14H11Cl2NO3. The summed E-state index contributed by atoms with van der Waals surface area (Å²) < 4.78 is 4.95. The van der Waals surface area contributed by atoms with Gasteiger partial charge in [-0.05, 0) is 30.3 Å². The van der Waals surface area contributed by atoms with Crippen LogP contribution in [0.3, 0.4) is 0 Å². The molecule has 0 unspecified atom stereocenters. The van der Waals surface area contributed by atoms with Crippen LogP contribution in [0, 0.1) is 0 Å². The predicted octanol–water partition coefficient (Wildman–Crippen LogP) is 3.96. The van der Waals surface area contributed by atoms with E-state index in [-0.39, 0.29) is 11.3 Å². The molecule has 0 atom stereocenters. The topological polar surface area (TPSA) is 58.6 Å². The molecule has 0 aliphatic rings. The fourth-order valence-corrected chi connectivity index (χ4v) is 1.90. The minimum absolute atomic E-state index is 0.136. The Bertz CT molecular complexity index is 659. The minimum Gasteiger partial charge on any atom is -0.507 e. The second kappa shape index (κ2) is 6.03. The van der Waals surface area contributed by atoms with Crippen LogP contribution in [0.25, 0.3) is 0 Å². The van der Waals surface area contributed by atoms with E-state index in [0.29, 0.717) is 21.5 Å². The highest BCUT2D eigenvalue weighted by molar-refractivity contribution is 6.42. The van der Waals surface area contributed by atoms with Gasteiger partial charge in [-0.2, -0.15) is 0 Å². The lowest BCUT2D eigenvalue weighted by Crippen LogP contribution is -2.12. The maximum Gasteiger partial charge on any atom is 0.259 e. The minimum atomic E-state index is -0.455. The normalized spacial score (nSPS) is 10.2. The van der Waals surface area contributed by atoms with Gasteiger partial charge >= 0.3 is 0 Å². The van der Waals surface area contributed by atoms with Gasteiger partial charge < -0.3 is 15.2 Å². The van der Waals surface area contributed by atoms with Crippen molar-refractivity contribution in [2.24, 2.45) is 0 Å². The van der Waals surface area contributed by atoms with Crippen LogP contribution < -0.4 is 10.1 Å². The Hall–Kier alpha value is -1.91. The third-order valence-corrected chi connectivity index (χ3v) is 3.37. The Labute approximate surface area is 125 Å². The molecule has 20 heavy (non-hydrogen) atoms. The first-order chi connectivity index (χ1) is 9.51. The molecule has 0 aliphatic carbocycles. The number of benzene rings is 2. The quantitative estimate of drug-likeness (QED) is 0.902. The van der Waals surface area contributed by atoms with Gasteiger partial charge in [-0.25, -0.2) is 0 Å². The number of carbonyl (C=O) groups excluding carboxylic acids is 1. The number of nitrogens with one attached hydrogen (secondary N) is 1. The monoisotopic (exact) mass is 311 g/mol. The molecule has 104 valence electrons. The lowest BCUT2D eigenvalue weighted by molar-refractivity contribution is 0.102. The summed E-state index contributed by atoms with van der Waals surface area (Å²) in [7, 11) is 1.48. The summed E-state index contributed by atoms with van der Waals surface area (Å²) in [6.07, 6.45) is 0. The van der Waals surface area contributed by atoms with Crippen LogP contribution in [0.5, 0.6) is 11.5 Å². The molecule has 1 amide bonds. The number of hydrogen-bond acceptors (Lipinski definition) is 3. The summed E-state index contributed by atoms with van der Waals surface area (Å²) in [6, 6.07) is 9.15. The van der Waals surface area contributed by atoms with E-state index < -0.39 is 5.91 Å². The molecule has 0 heterocycles. The highest BCUT2D eigenvalue weighted by Gasteiger charge is 2.12. The molecule has 4 nitrogen and oxygen atoms in total. The lowest BCUT2D eigenvalue weighted by atomic mass is 10.1. The van der Waals surface area contributed by atoms with Crippen molar-refractivity contribution in [3.63, 3.8) is 0 Å². The summed E-state index contributed by atoms with van der Waals surface area (Å²) >= 11 is 11.7. The molecule has 0 bridgehead atoms. The first-order valence-electron chi connectivity index (χ1n) is 5.64. The standard InChI is InChI=1S/C14H11Cl2NO3/c1-20-9-3-4-10(13(18)7-9)14(19)17-8-2-5-11(15)12(16)6-8/h2-7,18H,1H3,(H,17,19). The molecular weight excluding hydrogens is 301 g/mol. The van der Waals surface area contributed by atoms with Gasteiger partial charge in [0.05, 0.1) is 22.7 Å².